The predicted octanol–water partition coefficient (Wildman–Crippen LogP) is 3.86. The lowest BCUT2D eigenvalue weighted by atomic mass is 10.1. The molecule has 2 rings (SSSR count). The third-order valence-electron chi connectivity index (χ3n) is 2.35. The topological polar surface area (TPSA) is 33.0 Å². The van der Waals surface area contributed by atoms with Crippen molar-refractivity contribution >= 4 is 0 Å². The van der Waals surface area contributed by atoms with E-state index < -0.39 is 0 Å². The van der Waals surface area contributed by atoms with Crippen LogP contribution in [-0.2, 0) is 0 Å². The van der Waals surface area contributed by atoms with Crippen LogP contribution in [0.5, 0.6) is 11.5 Å². The zero-order valence-electron chi connectivity index (χ0n) is 9.55. The van der Waals surface area contributed by atoms with Gasteiger partial charge in [0.25, 0.3) is 0 Å². The average molecular weight is 222 g/mol. The molecule has 0 heterocycles. The fourth-order valence-corrected chi connectivity index (χ4v) is 1.48. The molecule has 0 unspecified atom stereocenters. The summed E-state index contributed by atoms with van der Waals surface area (Å²) < 4.78 is 5.69. The molecule has 0 N–H and O–H groups in total. The zero-order chi connectivity index (χ0) is 12.1. The summed E-state index contributed by atoms with van der Waals surface area (Å²) in [4.78, 5) is 0. The van der Waals surface area contributed by atoms with E-state index in [1.54, 1.807) is 0 Å². The SMILES string of the molecule is Cc1ccc(Oc2cccc([CH]C#N)c2)cc1. The largest absolute Gasteiger partial charge is 0.457 e. The molecule has 17 heavy (non-hydrogen) atoms. The van der Waals surface area contributed by atoms with Crippen molar-refractivity contribution in [3.63, 3.8) is 0 Å². The molecule has 0 saturated heterocycles. The molecule has 2 aromatic rings. The van der Waals surface area contributed by atoms with E-state index >= 15 is 0 Å². The van der Waals surface area contributed by atoms with Crippen LogP contribution in [0.4, 0.5) is 0 Å². The van der Waals surface area contributed by atoms with Crippen molar-refractivity contribution in [2.45, 2.75) is 6.92 Å². The fourth-order valence-electron chi connectivity index (χ4n) is 1.48. The molecule has 0 amide bonds. The highest BCUT2D eigenvalue weighted by atomic mass is 16.5. The van der Waals surface area contributed by atoms with Crippen LogP contribution in [0.3, 0.4) is 0 Å². The van der Waals surface area contributed by atoms with Crippen LogP contribution < -0.4 is 4.74 Å². The second-order valence-electron chi connectivity index (χ2n) is 3.76. The average Bonchev–Trinajstić information content (AvgIpc) is 2.33. The number of hydrogen-bond donors (Lipinski definition) is 0. The molecule has 2 heteroatoms. The second kappa shape index (κ2) is 5.18. The maximum absolute atomic E-state index is 8.58. The number of hydrogen-bond acceptors (Lipinski definition) is 2. The van der Waals surface area contributed by atoms with E-state index in [0.29, 0.717) is 0 Å². The highest BCUT2D eigenvalue weighted by molar-refractivity contribution is 5.39. The molecule has 0 aliphatic heterocycles. The van der Waals surface area contributed by atoms with Crippen LogP contribution in [0.15, 0.2) is 48.5 Å². The van der Waals surface area contributed by atoms with E-state index in [0.717, 1.165) is 17.1 Å². The Morgan fingerprint density at radius 3 is 2.53 bits per heavy atom. The molecular weight excluding hydrogens is 210 g/mol. The van der Waals surface area contributed by atoms with Gasteiger partial charge in [0.05, 0.1) is 12.5 Å². The second-order valence-corrected chi connectivity index (χ2v) is 3.76. The molecule has 0 saturated carbocycles. The Balaban J connectivity index is 2.16. The van der Waals surface area contributed by atoms with Crippen molar-refractivity contribution < 1.29 is 4.74 Å². The molecule has 0 aromatic heterocycles. The molecule has 0 spiro atoms. The van der Waals surface area contributed by atoms with E-state index in [1.165, 1.54) is 12.0 Å². The first-order valence-electron chi connectivity index (χ1n) is 5.35. The van der Waals surface area contributed by atoms with Crippen LogP contribution in [0.1, 0.15) is 11.1 Å². The van der Waals surface area contributed by atoms with Crippen LogP contribution in [0.2, 0.25) is 0 Å². The van der Waals surface area contributed by atoms with Crippen molar-refractivity contribution in [3.05, 3.63) is 66.1 Å². The molecule has 1 radical (unpaired) electrons. The van der Waals surface area contributed by atoms with Gasteiger partial charge in [-0.1, -0.05) is 29.8 Å². The quantitative estimate of drug-likeness (QED) is 0.789. The predicted molar refractivity (Wildman–Crippen MR) is 66.7 cm³/mol. The van der Waals surface area contributed by atoms with Crippen molar-refractivity contribution in [1.29, 1.82) is 5.26 Å². The Kier molecular flexibility index (Phi) is 3.42. The molecule has 0 aliphatic carbocycles. The summed E-state index contributed by atoms with van der Waals surface area (Å²) in [7, 11) is 0. The summed E-state index contributed by atoms with van der Waals surface area (Å²) in [6.07, 6.45) is 1.49. The normalized spacial score (nSPS) is 9.65. The van der Waals surface area contributed by atoms with Gasteiger partial charge in [-0.15, -0.1) is 0 Å². The highest BCUT2D eigenvalue weighted by Gasteiger charge is 1.99. The number of benzene rings is 2. The molecule has 2 aromatic carbocycles. The summed E-state index contributed by atoms with van der Waals surface area (Å²) in [6, 6.07) is 17.3. The van der Waals surface area contributed by atoms with Crippen LogP contribution in [-0.4, -0.2) is 0 Å². The molecule has 0 fully saturated rings. The van der Waals surface area contributed by atoms with Crippen molar-refractivity contribution in [2.75, 3.05) is 0 Å². The van der Waals surface area contributed by atoms with Gasteiger partial charge in [0.1, 0.15) is 11.5 Å². The van der Waals surface area contributed by atoms with Crippen molar-refractivity contribution in [3.8, 4) is 17.6 Å². The number of rotatable bonds is 3. The molecule has 0 aliphatic rings. The lowest BCUT2D eigenvalue weighted by Crippen LogP contribution is -1.86. The van der Waals surface area contributed by atoms with Crippen LogP contribution in [0.25, 0.3) is 0 Å². The maximum atomic E-state index is 8.58. The lowest BCUT2D eigenvalue weighted by Gasteiger charge is -2.06. The van der Waals surface area contributed by atoms with Gasteiger partial charge in [0.2, 0.25) is 0 Å². The fraction of sp³-hybridized carbons (Fsp3) is 0.0667. The highest BCUT2D eigenvalue weighted by Crippen LogP contribution is 2.22. The van der Waals surface area contributed by atoms with E-state index in [1.807, 2.05) is 61.5 Å². The maximum Gasteiger partial charge on any atom is 0.127 e. The van der Waals surface area contributed by atoms with E-state index in [2.05, 4.69) is 0 Å². The Morgan fingerprint density at radius 1 is 1.06 bits per heavy atom. The number of ether oxygens (including phenoxy) is 1. The zero-order valence-corrected chi connectivity index (χ0v) is 9.55. The minimum absolute atomic E-state index is 0.734. The van der Waals surface area contributed by atoms with Gasteiger partial charge in [-0.25, -0.2) is 0 Å². The van der Waals surface area contributed by atoms with Gasteiger partial charge >= 0.3 is 0 Å². The third kappa shape index (κ3) is 3.09. The summed E-state index contributed by atoms with van der Waals surface area (Å²) in [5.41, 5.74) is 2.04. The lowest BCUT2D eigenvalue weighted by molar-refractivity contribution is 0.482. The van der Waals surface area contributed by atoms with E-state index in [9.17, 15) is 0 Å². The van der Waals surface area contributed by atoms with Crippen LogP contribution >= 0.6 is 0 Å². The van der Waals surface area contributed by atoms with Gasteiger partial charge in [0, 0.05) is 0 Å². The Bertz CT molecular complexity index is 538. The Hall–Kier alpha value is -2.27. The van der Waals surface area contributed by atoms with Gasteiger partial charge in [-0.05, 0) is 36.8 Å². The van der Waals surface area contributed by atoms with Gasteiger partial charge in [-0.2, -0.15) is 5.26 Å². The minimum atomic E-state index is 0.734. The van der Waals surface area contributed by atoms with Crippen molar-refractivity contribution in [1.82, 2.24) is 0 Å². The van der Waals surface area contributed by atoms with Gasteiger partial charge in [0.15, 0.2) is 0 Å². The molecule has 0 atom stereocenters. The summed E-state index contributed by atoms with van der Waals surface area (Å²) in [5.74, 6) is 1.53. The molecule has 2 nitrogen and oxygen atoms in total. The first-order chi connectivity index (χ1) is 8.28. The van der Waals surface area contributed by atoms with Crippen molar-refractivity contribution in [2.24, 2.45) is 0 Å². The molecule has 83 valence electrons. The number of nitrogens with zero attached hydrogens (tertiary/aromatic N) is 1. The molecule has 0 bridgehead atoms. The van der Waals surface area contributed by atoms with E-state index in [-0.39, 0.29) is 0 Å². The number of aryl methyl sites for hydroxylation is 1. The smallest absolute Gasteiger partial charge is 0.127 e. The van der Waals surface area contributed by atoms with E-state index in [4.69, 9.17) is 10.00 Å². The Morgan fingerprint density at radius 2 is 1.82 bits per heavy atom. The standard InChI is InChI=1S/C15H12NO/c1-12-5-7-14(8-6-12)17-15-4-2-3-13(11-15)9-10-16/h2-9,11H,1H3. The first kappa shape index (κ1) is 11.2. The van der Waals surface area contributed by atoms with Gasteiger partial charge < -0.3 is 4.74 Å². The summed E-state index contributed by atoms with van der Waals surface area (Å²) in [6.45, 7) is 2.03. The number of nitriles is 1. The van der Waals surface area contributed by atoms with Gasteiger partial charge in [-0.3, -0.25) is 0 Å². The Labute approximate surface area is 101 Å². The molecular formula is C15H12NO. The monoisotopic (exact) mass is 222 g/mol. The van der Waals surface area contributed by atoms with Crippen LogP contribution in [0, 0.1) is 24.7 Å². The first-order valence-corrected chi connectivity index (χ1v) is 5.35. The minimum Gasteiger partial charge on any atom is -0.457 e. The summed E-state index contributed by atoms with van der Waals surface area (Å²) >= 11 is 0. The third-order valence-corrected chi connectivity index (χ3v) is 2.35. The summed E-state index contributed by atoms with van der Waals surface area (Å²) in [5, 5.41) is 8.58.